The van der Waals surface area contributed by atoms with E-state index in [-0.39, 0.29) is 10.6 Å². The van der Waals surface area contributed by atoms with E-state index >= 15 is 0 Å². The van der Waals surface area contributed by atoms with Gasteiger partial charge in [-0.1, -0.05) is 70.5 Å². The molecular weight excluding hydrogens is 288 g/mol. The van der Waals surface area contributed by atoms with E-state index in [2.05, 4.69) is 15.9 Å². The number of Topliss-reactive ketones (excluding diaryl/α,β-unsaturated/α-hetero) is 1. The van der Waals surface area contributed by atoms with Crippen LogP contribution in [0.1, 0.15) is 26.3 Å². The molecule has 2 aromatic rings. The Labute approximate surface area is 114 Å². The second-order valence-electron chi connectivity index (χ2n) is 4.29. The van der Waals surface area contributed by atoms with Gasteiger partial charge >= 0.3 is 0 Å². The van der Waals surface area contributed by atoms with Crippen molar-refractivity contribution in [3.05, 3.63) is 76.9 Å². The number of carbonyl (C=O) groups is 1. The molecule has 2 heteroatoms. The van der Waals surface area contributed by atoms with Crippen LogP contribution in [0.5, 0.6) is 0 Å². The highest BCUT2D eigenvalue weighted by Crippen LogP contribution is 2.42. The molecule has 0 heterocycles. The van der Waals surface area contributed by atoms with Gasteiger partial charge in [0.2, 0.25) is 0 Å². The molecule has 0 saturated heterocycles. The average Bonchev–Trinajstić information content (AvgIpc) is 2.66. The van der Waals surface area contributed by atoms with Gasteiger partial charge < -0.3 is 0 Å². The zero-order valence-electron chi connectivity index (χ0n) is 9.64. The highest BCUT2D eigenvalue weighted by atomic mass is 79.9. The van der Waals surface area contributed by atoms with E-state index in [0.29, 0.717) is 0 Å². The van der Waals surface area contributed by atoms with Gasteiger partial charge in [0.1, 0.15) is 0 Å². The van der Waals surface area contributed by atoms with Crippen molar-refractivity contribution in [1.82, 2.24) is 0 Å². The lowest BCUT2D eigenvalue weighted by molar-refractivity contribution is 0.104. The monoisotopic (exact) mass is 298 g/mol. The standard InChI is InChI=1S/C16H11BrO/c17-15-12-8-4-5-9-13(12)16(18)14(15)10-11-6-2-1-3-7-11/h1-10,15H/b14-10+/t15-/m1/s1. The van der Waals surface area contributed by atoms with Crippen LogP contribution in [0.4, 0.5) is 0 Å². The second-order valence-corrected chi connectivity index (χ2v) is 5.20. The van der Waals surface area contributed by atoms with E-state index in [4.69, 9.17) is 0 Å². The summed E-state index contributed by atoms with van der Waals surface area (Å²) in [4.78, 5) is 12.3. The molecule has 0 bridgehead atoms. The third-order valence-electron chi connectivity index (χ3n) is 3.14. The third-order valence-corrected chi connectivity index (χ3v) is 4.12. The van der Waals surface area contributed by atoms with Crippen molar-refractivity contribution in [3.8, 4) is 0 Å². The molecule has 1 aliphatic carbocycles. The van der Waals surface area contributed by atoms with E-state index in [1.807, 2.05) is 60.7 Å². The first-order valence-corrected chi connectivity index (χ1v) is 6.73. The molecule has 0 fully saturated rings. The quantitative estimate of drug-likeness (QED) is 0.563. The van der Waals surface area contributed by atoms with Crippen LogP contribution < -0.4 is 0 Å². The molecule has 1 aliphatic rings. The zero-order chi connectivity index (χ0) is 12.5. The van der Waals surface area contributed by atoms with Crippen molar-refractivity contribution in [2.24, 2.45) is 0 Å². The molecular formula is C16H11BrO. The summed E-state index contributed by atoms with van der Waals surface area (Å²) < 4.78 is 0. The molecule has 0 N–H and O–H groups in total. The highest BCUT2D eigenvalue weighted by Gasteiger charge is 2.32. The molecule has 0 unspecified atom stereocenters. The predicted molar refractivity (Wildman–Crippen MR) is 76.9 cm³/mol. The van der Waals surface area contributed by atoms with Gasteiger partial charge in [-0.15, -0.1) is 0 Å². The maximum Gasteiger partial charge on any atom is 0.190 e. The van der Waals surface area contributed by atoms with E-state index < -0.39 is 0 Å². The van der Waals surface area contributed by atoms with Crippen LogP contribution in [0.25, 0.3) is 6.08 Å². The Morgan fingerprint density at radius 3 is 2.33 bits per heavy atom. The maximum absolute atomic E-state index is 12.3. The van der Waals surface area contributed by atoms with Crippen molar-refractivity contribution < 1.29 is 4.79 Å². The Morgan fingerprint density at radius 1 is 0.944 bits per heavy atom. The number of ketones is 1. The second kappa shape index (κ2) is 4.54. The summed E-state index contributed by atoms with van der Waals surface area (Å²) in [5.41, 5.74) is 3.73. The first-order chi connectivity index (χ1) is 8.77. The minimum atomic E-state index is 0.00130. The van der Waals surface area contributed by atoms with Crippen LogP contribution in [0.15, 0.2) is 60.2 Å². The third kappa shape index (κ3) is 1.83. The Morgan fingerprint density at radius 2 is 1.61 bits per heavy atom. The molecule has 2 aromatic carbocycles. The van der Waals surface area contributed by atoms with Crippen LogP contribution in [0, 0.1) is 0 Å². The van der Waals surface area contributed by atoms with Crippen LogP contribution in [0.3, 0.4) is 0 Å². The number of allylic oxidation sites excluding steroid dienone is 1. The van der Waals surface area contributed by atoms with E-state index in [9.17, 15) is 4.79 Å². The van der Waals surface area contributed by atoms with Crippen LogP contribution in [-0.4, -0.2) is 5.78 Å². The van der Waals surface area contributed by atoms with E-state index in [0.717, 1.165) is 22.3 Å². The fourth-order valence-electron chi connectivity index (χ4n) is 2.23. The number of halogens is 1. The van der Waals surface area contributed by atoms with E-state index in [1.165, 1.54) is 0 Å². The van der Waals surface area contributed by atoms with E-state index in [1.54, 1.807) is 0 Å². The number of benzene rings is 2. The molecule has 3 rings (SSSR count). The number of hydrogen-bond acceptors (Lipinski definition) is 1. The fraction of sp³-hybridized carbons (Fsp3) is 0.0625. The molecule has 1 nitrogen and oxygen atoms in total. The van der Waals surface area contributed by atoms with Crippen LogP contribution in [-0.2, 0) is 0 Å². The number of hydrogen-bond donors (Lipinski definition) is 0. The SMILES string of the molecule is O=C1/C(=C/c2ccccc2)[C@H](Br)c2ccccc21. The molecule has 0 amide bonds. The highest BCUT2D eigenvalue weighted by molar-refractivity contribution is 9.09. The topological polar surface area (TPSA) is 17.1 Å². The first-order valence-electron chi connectivity index (χ1n) is 5.82. The predicted octanol–water partition coefficient (Wildman–Crippen LogP) is 4.40. The van der Waals surface area contributed by atoms with Gasteiger partial charge in [0.25, 0.3) is 0 Å². The Kier molecular flexibility index (Phi) is 2.88. The van der Waals surface area contributed by atoms with Gasteiger partial charge in [-0.05, 0) is 17.2 Å². The zero-order valence-corrected chi connectivity index (χ0v) is 11.2. The summed E-state index contributed by atoms with van der Waals surface area (Å²) in [5.74, 6) is 0.122. The molecule has 0 saturated carbocycles. The molecule has 0 spiro atoms. The van der Waals surface area contributed by atoms with Gasteiger partial charge in [-0.25, -0.2) is 0 Å². The van der Waals surface area contributed by atoms with Gasteiger partial charge in [0, 0.05) is 11.1 Å². The molecule has 1 atom stereocenters. The largest absolute Gasteiger partial charge is 0.289 e. The van der Waals surface area contributed by atoms with Crippen LogP contribution >= 0.6 is 15.9 Å². The average molecular weight is 299 g/mol. The Hall–Kier alpha value is -1.67. The summed E-state index contributed by atoms with van der Waals surface area (Å²) in [6.45, 7) is 0. The summed E-state index contributed by atoms with van der Waals surface area (Å²) in [5, 5.41) is 0. The van der Waals surface area contributed by atoms with Gasteiger partial charge in [-0.2, -0.15) is 0 Å². The number of rotatable bonds is 1. The minimum absolute atomic E-state index is 0.00130. The molecule has 88 valence electrons. The normalized spacial score (nSPS) is 20.2. The lowest BCUT2D eigenvalue weighted by Crippen LogP contribution is -1.95. The summed E-state index contributed by atoms with van der Waals surface area (Å²) >= 11 is 3.61. The minimum Gasteiger partial charge on any atom is -0.289 e. The molecule has 0 aliphatic heterocycles. The van der Waals surface area contributed by atoms with Crippen molar-refractivity contribution in [2.75, 3.05) is 0 Å². The fourth-order valence-corrected chi connectivity index (χ4v) is 2.97. The van der Waals surface area contributed by atoms with Gasteiger partial charge in [0.15, 0.2) is 5.78 Å². The summed E-state index contributed by atoms with van der Waals surface area (Å²) in [6, 6.07) is 17.7. The Bertz CT molecular complexity index is 629. The number of fused-ring (bicyclic) bond motifs is 1. The number of carbonyl (C=O) groups excluding carboxylic acids is 1. The lowest BCUT2D eigenvalue weighted by atomic mass is 10.1. The maximum atomic E-state index is 12.3. The lowest BCUT2D eigenvalue weighted by Gasteiger charge is -2.03. The molecule has 0 aromatic heterocycles. The van der Waals surface area contributed by atoms with Crippen LogP contribution in [0.2, 0.25) is 0 Å². The smallest absolute Gasteiger partial charge is 0.190 e. The van der Waals surface area contributed by atoms with Gasteiger partial charge in [0.05, 0.1) is 4.83 Å². The first kappa shape index (κ1) is 11.4. The Balaban J connectivity index is 2.07. The summed E-state index contributed by atoms with van der Waals surface area (Å²) in [7, 11) is 0. The number of alkyl halides is 1. The van der Waals surface area contributed by atoms with Gasteiger partial charge in [-0.3, -0.25) is 4.79 Å². The molecule has 18 heavy (non-hydrogen) atoms. The van der Waals surface area contributed by atoms with Crippen molar-refractivity contribution in [3.63, 3.8) is 0 Å². The summed E-state index contributed by atoms with van der Waals surface area (Å²) in [6.07, 6.45) is 1.96. The van der Waals surface area contributed by atoms with Crippen molar-refractivity contribution in [1.29, 1.82) is 0 Å². The van der Waals surface area contributed by atoms with Crippen molar-refractivity contribution >= 4 is 27.8 Å². The molecule has 0 radical (unpaired) electrons. The van der Waals surface area contributed by atoms with Crippen molar-refractivity contribution in [2.45, 2.75) is 4.83 Å².